The van der Waals surface area contributed by atoms with E-state index in [4.69, 9.17) is 9.15 Å². The van der Waals surface area contributed by atoms with Crippen molar-refractivity contribution in [2.24, 2.45) is 0 Å². The van der Waals surface area contributed by atoms with Gasteiger partial charge in [0.15, 0.2) is 0 Å². The van der Waals surface area contributed by atoms with Gasteiger partial charge >= 0.3 is 0 Å². The zero-order chi connectivity index (χ0) is 22.7. The zero-order valence-corrected chi connectivity index (χ0v) is 17.8. The number of nitro groups is 1. The number of carbonyl (C=O) groups is 2. The summed E-state index contributed by atoms with van der Waals surface area (Å²) in [5.41, 5.74) is 1.23. The molecule has 1 saturated heterocycles. The van der Waals surface area contributed by atoms with Crippen molar-refractivity contribution in [3.05, 3.63) is 87.0 Å². The smallest absolute Gasteiger partial charge is 0.293 e. The molecule has 0 atom stereocenters. The van der Waals surface area contributed by atoms with E-state index in [2.05, 4.69) is 0 Å². The number of carbonyl (C=O) groups excluding carboxylic acids is 2. The third-order valence-corrected chi connectivity index (χ3v) is 5.69. The first kappa shape index (κ1) is 21.4. The highest BCUT2D eigenvalue weighted by Crippen LogP contribution is 2.34. The fourth-order valence-electron chi connectivity index (χ4n) is 3.19. The molecule has 0 saturated carbocycles. The lowest BCUT2D eigenvalue weighted by Gasteiger charge is -2.13. The number of furan rings is 1. The molecule has 1 aliphatic heterocycles. The van der Waals surface area contributed by atoms with Crippen molar-refractivity contribution in [3.8, 4) is 17.1 Å². The van der Waals surface area contributed by atoms with Crippen LogP contribution in [0.5, 0.6) is 5.75 Å². The Morgan fingerprint density at radius 3 is 2.62 bits per heavy atom. The molecular weight excluding hydrogens is 432 g/mol. The Bertz CT molecular complexity index is 1220. The Kier molecular flexibility index (Phi) is 6.09. The van der Waals surface area contributed by atoms with E-state index in [0.717, 1.165) is 16.7 Å². The van der Waals surface area contributed by atoms with Gasteiger partial charge in [0.1, 0.15) is 23.9 Å². The van der Waals surface area contributed by atoms with Gasteiger partial charge in [0.2, 0.25) is 0 Å². The molecule has 1 aliphatic rings. The molecule has 2 amide bonds. The summed E-state index contributed by atoms with van der Waals surface area (Å²) < 4.78 is 11.3. The number of nitrogens with zero attached hydrogens (tertiary/aromatic N) is 2. The minimum absolute atomic E-state index is 0.0328. The van der Waals surface area contributed by atoms with E-state index in [9.17, 15) is 19.7 Å². The highest BCUT2D eigenvalue weighted by atomic mass is 32.2. The first-order valence-electron chi connectivity index (χ1n) is 9.71. The van der Waals surface area contributed by atoms with E-state index >= 15 is 0 Å². The fraction of sp³-hybridized carbons (Fsp3) is 0.130. The maximum Gasteiger partial charge on any atom is 0.293 e. The summed E-state index contributed by atoms with van der Waals surface area (Å²) in [6.45, 7) is 1.99. The van der Waals surface area contributed by atoms with Gasteiger partial charge in [-0.25, -0.2) is 0 Å². The van der Waals surface area contributed by atoms with Gasteiger partial charge in [-0.3, -0.25) is 24.6 Å². The fourth-order valence-corrected chi connectivity index (χ4v) is 4.04. The zero-order valence-electron chi connectivity index (χ0n) is 17.0. The quantitative estimate of drug-likeness (QED) is 0.274. The van der Waals surface area contributed by atoms with Crippen molar-refractivity contribution >= 4 is 34.7 Å². The van der Waals surface area contributed by atoms with Crippen molar-refractivity contribution in [1.82, 2.24) is 4.90 Å². The predicted molar refractivity (Wildman–Crippen MR) is 120 cm³/mol. The van der Waals surface area contributed by atoms with Crippen LogP contribution in [0.4, 0.5) is 10.5 Å². The molecule has 3 aromatic rings. The van der Waals surface area contributed by atoms with E-state index < -0.39 is 10.8 Å². The van der Waals surface area contributed by atoms with Gasteiger partial charge in [0.05, 0.1) is 16.4 Å². The lowest BCUT2D eigenvalue weighted by atomic mass is 10.1. The largest absolute Gasteiger partial charge is 0.492 e. The molecule has 4 rings (SSSR count). The average Bonchev–Trinajstić information content (AvgIpc) is 3.34. The molecule has 1 aromatic heterocycles. The van der Waals surface area contributed by atoms with E-state index in [-0.39, 0.29) is 29.0 Å². The Labute approximate surface area is 187 Å². The Morgan fingerprint density at radius 2 is 1.91 bits per heavy atom. The number of thioether (sulfide) groups is 1. The Balaban J connectivity index is 1.44. The standard InChI is InChI=1S/C23H18N2O6S/c1-15-13-16(7-9-19(15)25(28)29)20-10-8-18(31-20)14-21-22(26)24(23(27)32-21)11-12-30-17-5-3-2-4-6-17/h2-10,13-14H,11-12H2,1H3/b21-14-. The Hall–Kier alpha value is -3.85. The molecule has 2 aromatic carbocycles. The summed E-state index contributed by atoms with van der Waals surface area (Å²) in [5.74, 6) is 1.17. The molecule has 9 heteroatoms. The number of amides is 2. The molecule has 2 heterocycles. The SMILES string of the molecule is Cc1cc(-c2ccc(/C=C3\SC(=O)N(CCOc4ccccc4)C3=O)o2)ccc1[N+](=O)[O-]. The topological polar surface area (TPSA) is 103 Å². The van der Waals surface area contributed by atoms with Crippen LogP contribution >= 0.6 is 11.8 Å². The molecule has 32 heavy (non-hydrogen) atoms. The van der Waals surface area contributed by atoms with Gasteiger partial charge in [-0.05, 0) is 55.1 Å². The number of hydrogen-bond acceptors (Lipinski definition) is 7. The van der Waals surface area contributed by atoms with E-state index in [1.807, 2.05) is 18.2 Å². The lowest BCUT2D eigenvalue weighted by molar-refractivity contribution is -0.385. The van der Waals surface area contributed by atoms with Crippen LogP contribution in [0.3, 0.4) is 0 Å². The first-order valence-corrected chi connectivity index (χ1v) is 10.5. The first-order chi connectivity index (χ1) is 15.4. The predicted octanol–water partition coefficient (Wildman–Crippen LogP) is 5.28. The maximum atomic E-state index is 12.6. The number of imide groups is 1. The molecule has 0 spiro atoms. The summed E-state index contributed by atoms with van der Waals surface area (Å²) in [7, 11) is 0. The maximum absolute atomic E-state index is 12.6. The molecule has 0 radical (unpaired) electrons. The molecule has 0 N–H and O–H groups in total. The number of ether oxygens (including phenoxy) is 1. The van der Waals surface area contributed by atoms with Gasteiger partial charge in [0, 0.05) is 23.3 Å². The number of nitro benzene ring substituents is 1. The summed E-state index contributed by atoms with van der Waals surface area (Å²) in [4.78, 5) is 36.9. The van der Waals surface area contributed by atoms with Crippen LogP contribution in [0.25, 0.3) is 17.4 Å². The van der Waals surface area contributed by atoms with Gasteiger partial charge in [-0.1, -0.05) is 18.2 Å². The van der Waals surface area contributed by atoms with Gasteiger partial charge in [-0.2, -0.15) is 0 Å². The second-order valence-electron chi connectivity index (χ2n) is 6.96. The summed E-state index contributed by atoms with van der Waals surface area (Å²) >= 11 is 0.844. The van der Waals surface area contributed by atoms with Crippen molar-refractivity contribution in [1.29, 1.82) is 0 Å². The molecule has 8 nitrogen and oxygen atoms in total. The van der Waals surface area contributed by atoms with Crippen LogP contribution in [0.2, 0.25) is 0 Å². The van der Waals surface area contributed by atoms with E-state index in [0.29, 0.717) is 28.4 Å². The third-order valence-electron chi connectivity index (χ3n) is 4.78. The van der Waals surface area contributed by atoms with Gasteiger partial charge in [-0.15, -0.1) is 0 Å². The van der Waals surface area contributed by atoms with Crippen LogP contribution in [0.15, 0.2) is 70.0 Å². The van der Waals surface area contributed by atoms with Gasteiger partial charge in [0.25, 0.3) is 16.8 Å². The second-order valence-corrected chi connectivity index (χ2v) is 7.95. The van der Waals surface area contributed by atoms with Crippen molar-refractivity contribution in [2.75, 3.05) is 13.2 Å². The van der Waals surface area contributed by atoms with Crippen LogP contribution in [-0.2, 0) is 4.79 Å². The van der Waals surface area contributed by atoms with Crippen LogP contribution in [-0.4, -0.2) is 34.1 Å². The van der Waals surface area contributed by atoms with Crippen molar-refractivity contribution in [3.63, 3.8) is 0 Å². The van der Waals surface area contributed by atoms with Crippen LogP contribution < -0.4 is 4.74 Å². The Morgan fingerprint density at radius 1 is 1.12 bits per heavy atom. The minimum atomic E-state index is -0.437. The molecule has 0 bridgehead atoms. The van der Waals surface area contributed by atoms with Crippen molar-refractivity contribution in [2.45, 2.75) is 6.92 Å². The number of aryl methyl sites for hydroxylation is 1. The highest BCUT2D eigenvalue weighted by molar-refractivity contribution is 8.18. The normalized spacial score (nSPS) is 14.9. The summed E-state index contributed by atoms with van der Waals surface area (Å²) in [6.07, 6.45) is 1.52. The molecular formula is C23H18N2O6S. The average molecular weight is 450 g/mol. The summed E-state index contributed by atoms with van der Waals surface area (Å²) in [6, 6.07) is 17.2. The number of rotatable bonds is 7. The molecule has 0 unspecified atom stereocenters. The van der Waals surface area contributed by atoms with E-state index in [1.54, 1.807) is 43.3 Å². The number of benzene rings is 2. The van der Waals surface area contributed by atoms with Crippen LogP contribution in [0.1, 0.15) is 11.3 Å². The molecule has 1 fully saturated rings. The van der Waals surface area contributed by atoms with Crippen LogP contribution in [0, 0.1) is 17.0 Å². The minimum Gasteiger partial charge on any atom is -0.492 e. The second kappa shape index (κ2) is 9.11. The summed E-state index contributed by atoms with van der Waals surface area (Å²) in [5, 5.41) is 10.6. The van der Waals surface area contributed by atoms with E-state index in [1.165, 1.54) is 12.1 Å². The highest BCUT2D eigenvalue weighted by Gasteiger charge is 2.35. The molecule has 0 aliphatic carbocycles. The van der Waals surface area contributed by atoms with Gasteiger partial charge < -0.3 is 9.15 Å². The van der Waals surface area contributed by atoms with Crippen molar-refractivity contribution < 1.29 is 23.7 Å². The third kappa shape index (κ3) is 4.57. The lowest BCUT2D eigenvalue weighted by Crippen LogP contribution is -2.32. The monoisotopic (exact) mass is 450 g/mol. The molecule has 162 valence electrons. The number of para-hydroxylation sites is 1. The number of hydrogen-bond donors (Lipinski definition) is 0.